The Hall–Kier alpha value is -2.17. The third-order valence-corrected chi connectivity index (χ3v) is 3.90. The summed E-state index contributed by atoms with van der Waals surface area (Å²) in [6, 6.07) is 3.36. The van der Waals surface area contributed by atoms with Gasteiger partial charge in [-0.25, -0.2) is 4.79 Å². The molecule has 0 saturated carbocycles. The van der Waals surface area contributed by atoms with Crippen molar-refractivity contribution in [2.24, 2.45) is 5.92 Å². The Bertz CT molecular complexity index is 529. The van der Waals surface area contributed by atoms with E-state index >= 15 is 0 Å². The Morgan fingerprint density at radius 3 is 2.62 bits per heavy atom. The van der Waals surface area contributed by atoms with Crippen LogP contribution in [0.3, 0.4) is 0 Å². The first kappa shape index (κ1) is 15.2. The molecule has 21 heavy (non-hydrogen) atoms. The van der Waals surface area contributed by atoms with Crippen LogP contribution in [0.1, 0.15) is 42.2 Å². The summed E-state index contributed by atoms with van der Waals surface area (Å²) in [7, 11) is 0. The number of aromatic nitrogens is 1. The summed E-state index contributed by atoms with van der Waals surface area (Å²) in [5.41, 5.74) is 1.08. The van der Waals surface area contributed by atoms with Crippen molar-refractivity contribution in [1.82, 2.24) is 9.88 Å². The van der Waals surface area contributed by atoms with Crippen molar-refractivity contribution >= 4 is 18.0 Å². The Kier molecular flexibility index (Phi) is 5.09. The fraction of sp³-hybridized carbons (Fsp3) is 0.438. The van der Waals surface area contributed by atoms with E-state index in [9.17, 15) is 9.59 Å². The second kappa shape index (κ2) is 7.02. The van der Waals surface area contributed by atoms with Crippen LogP contribution in [0.4, 0.5) is 0 Å². The monoisotopic (exact) mass is 288 g/mol. The van der Waals surface area contributed by atoms with Crippen LogP contribution < -0.4 is 0 Å². The first-order valence-corrected chi connectivity index (χ1v) is 7.26. The molecule has 1 aromatic heterocycles. The lowest BCUT2D eigenvalue weighted by Crippen LogP contribution is -2.38. The minimum Gasteiger partial charge on any atom is -0.478 e. The van der Waals surface area contributed by atoms with Crippen molar-refractivity contribution in [3.8, 4) is 0 Å². The summed E-state index contributed by atoms with van der Waals surface area (Å²) in [5, 5.41) is 8.56. The molecule has 1 saturated heterocycles. The van der Waals surface area contributed by atoms with E-state index in [0.717, 1.165) is 37.9 Å². The van der Waals surface area contributed by atoms with E-state index in [1.165, 1.54) is 18.7 Å². The zero-order valence-corrected chi connectivity index (χ0v) is 12.2. The van der Waals surface area contributed by atoms with E-state index in [2.05, 4.69) is 11.9 Å². The first-order chi connectivity index (χ1) is 10.1. The van der Waals surface area contributed by atoms with Crippen LogP contribution in [0.15, 0.2) is 24.4 Å². The average molecular weight is 288 g/mol. The fourth-order valence-corrected chi connectivity index (χ4v) is 2.50. The molecule has 1 fully saturated rings. The van der Waals surface area contributed by atoms with E-state index < -0.39 is 5.97 Å². The minimum absolute atomic E-state index is 0.0432. The van der Waals surface area contributed by atoms with Gasteiger partial charge in [0.15, 0.2) is 0 Å². The lowest BCUT2D eigenvalue weighted by atomic mass is 9.94. The summed E-state index contributed by atoms with van der Waals surface area (Å²) >= 11 is 0. The molecule has 1 aromatic rings. The molecular weight excluding hydrogens is 268 g/mol. The molecule has 1 N–H and O–H groups in total. The number of piperidine rings is 1. The van der Waals surface area contributed by atoms with Gasteiger partial charge in [0.25, 0.3) is 5.91 Å². The molecule has 0 spiro atoms. The van der Waals surface area contributed by atoms with Gasteiger partial charge in [-0.3, -0.25) is 9.78 Å². The van der Waals surface area contributed by atoms with Crippen LogP contribution in [-0.4, -0.2) is 40.0 Å². The van der Waals surface area contributed by atoms with Crippen molar-refractivity contribution in [3.05, 3.63) is 35.7 Å². The highest BCUT2D eigenvalue weighted by Crippen LogP contribution is 2.21. The molecule has 0 aromatic carbocycles. The number of hydrogen-bond donors (Lipinski definition) is 1. The van der Waals surface area contributed by atoms with Gasteiger partial charge in [0, 0.05) is 25.4 Å². The third-order valence-electron chi connectivity index (χ3n) is 3.90. The molecule has 0 radical (unpaired) electrons. The summed E-state index contributed by atoms with van der Waals surface area (Å²) in [4.78, 5) is 28.7. The molecule has 1 aliphatic rings. The van der Waals surface area contributed by atoms with Gasteiger partial charge in [-0.1, -0.05) is 19.4 Å². The molecule has 0 atom stereocenters. The highest BCUT2D eigenvalue weighted by molar-refractivity contribution is 5.92. The molecule has 0 bridgehead atoms. The maximum absolute atomic E-state index is 12.3. The number of carboxylic acids is 1. The van der Waals surface area contributed by atoms with Crippen LogP contribution in [-0.2, 0) is 4.79 Å². The van der Waals surface area contributed by atoms with Crippen LogP contribution in [0.2, 0.25) is 0 Å². The van der Waals surface area contributed by atoms with Crippen LogP contribution in [0.25, 0.3) is 6.08 Å². The number of carbonyl (C=O) groups excluding carboxylic acids is 1. The topological polar surface area (TPSA) is 70.5 Å². The summed E-state index contributed by atoms with van der Waals surface area (Å²) in [6.45, 7) is 3.77. The summed E-state index contributed by atoms with van der Waals surface area (Å²) in [6.07, 6.45) is 7.31. The number of rotatable bonds is 4. The highest BCUT2D eigenvalue weighted by Gasteiger charge is 2.23. The van der Waals surface area contributed by atoms with Gasteiger partial charge in [0.1, 0.15) is 5.69 Å². The number of nitrogens with zero attached hydrogens (tertiary/aromatic N) is 2. The SMILES string of the molecule is CCC1CCN(C(=O)c2ccc(C=CC(=O)O)cn2)CC1. The Labute approximate surface area is 124 Å². The molecule has 0 aliphatic carbocycles. The second-order valence-electron chi connectivity index (χ2n) is 5.29. The van der Waals surface area contributed by atoms with Gasteiger partial charge < -0.3 is 10.0 Å². The highest BCUT2D eigenvalue weighted by atomic mass is 16.4. The number of hydrogen-bond acceptors (Lipinski definition) is 3. The average Bonchev–Trinajstić information content (AvgIpc) is 2.53. The van der Waals surface area contributed by atoms with Crippen LogP contribution in [0.5, 0.6) is 0 Å². The molecule has 112 valence electrons. The van der Waals surface area contributed by atoms with Gasteiger partial charge in [0.2, 0.25) is 0 Å². The van der Waals surface area contributed by atoms with Gasteiger partial charge in [-0.05, 0) is 36.5 Å². The molecule has 1 amide bonds. The quantitative estimate of drug-likeness (QED) is 0.864. The molecule has 5 nitrogen and oxygen atoms in total. The smallest absolute Gasteiger partial charge is 0.328 e. The van der Waals surface area contributed by atoms with E-state index in [0.29, 0.717) is 11.3 Å². The largest absolute Gasteiger partial charge is 0.478 e. The number of likely N-dealkylation sites (tertiary alicyclic amines) is 1. The Balaban J connectivity index is 1.98. The Morgan fingerprint density at radius 1 is 1.38 bits per heavy atom. The maximum atomic E-state index is 12.3. The lowest BCUT2D eigenvalue weighted by molar-refractivity contribution is -0.131. The van der Waals surface area contributed by atoms with E-state index in [1.807, 2.05) is 4.90 Å². The summed E-state index contributed by atoms with van der Waals surface area (Å²) < 4.78 is 0. The molecule has 2 rings (SSSR count). The van der Waals surface area contributed by atoms with E-state index in [1.54, 1.807) is 12.1 Å². The predicted octanol–water partition coefficient (Wildman–Crippen LogP) is 2.44. The van der Waals surface area contributed by atoms with Crippen molar-refractivity contribution in [3.63, 3.8) is 0 Å². The number of carbonyl (C=O) groups is 2. The van der Waals surface area contributed by atoms with Gasteiger partial charge in [-0.15, -0.1) is 0 Å². The first-order valence-electron chi connectivity index (χ1n) is 7.26. The predicted molar refractivity (Wildman–Crippen MR) is 79.8 cm³/mol. The third kappa shape index (κ3) is 4.15. The zero-order valence-electron chi connectivity index (χ0n) is 12.2. The normalized spacial score (nSPS) is 16.3. The van der Waals surface area contributed by atoms with Gasteiger partial charge in [0.05, 0.1) is 0 Å². The molecule has 5 heteroatoms. The number of pyridine rings is 1. The van der Waals surface area contributed by atoms with Gasteiger partial charge >= 0.3 is 5.97 Å². The van der Waals surface area contributed by atoms with Crippen molar-refractivity contribution in [1.29, 1.82) is 0 Å². The van der Waals surface area contributed by atoms with E-state index in [4.69, 9.17) is 5.11 Å². The summed E-state index contributed by atoms with van der Waals surface area (Å²) in [5.74, 6) is -0.321. The second-order valence-corrected chi connectivity index (χ2v) is 5.29. The number of carboxylic acid groups (broad SMARTS) is 1. The Morgan fingerprint density at radius 2 is 2.10 bits per heavy atom. The van der Waals surface area contributed by atoms with Crippen molar-refractivity contribution < 1.29 is 14.7 Å². The zero-order chi connectivity index (χ0) is 15.2. The maximum Gasteiger partial charge on any atom is 0.328 e. The molecular formula is C16H20N2O3. The number of amides is 1. The van der Waals surface area contributed by atoms with Crippen molar-refractivity contribution in [2.45, 2.75) is 26.2 Å². The van der Waals surface area contributed by atoms with Crippen LogP contribution >= 0.6 is 0 Å². The van der Waals surface area contributed by atoms with E-state index in [-0.39, 0.29) is 5.91 Å². The molecule has 2 heterocycles. The van der Waals surface area contributed by atoms with Crippen LogP contribution in [0, 0.1) is 5.92 Å². The number of aliphatic carboxylic acids is 1. The standard InChI is InChI=1S/C16H20N2O3/c1-2-12-7-9-18(10-8-12)16(21)14-5-3-13(11-17-14)4-6-15(19)20/h3-6,11-12H,2,7-10H2,1H3,(H,19,20). The minimum atomic E-state index is -1.01. The fourth-order valence-electron chi connectivity index (χ4n) is 2.50. The van der Waals surface area contributed by atoms with Gasteiger partial charge in [-0.2, -0.15) is 0 Å². The van der Waals surface area contributed by atoms with Crippen molar-refractivity contribution in [2.75, 3.05) is 13.1 Å². The molecule has 0 unspecified atom stereocenters. The molecule has 1 aliphatic heterocycles. The lowest BCUT2D eigenvalue weighted by Gasteiger charge is -2.31.